The Bertz CT molecular complexity index is 1960. The number of benzene rings is 3. The van der Waals surface area contributed by atoms with Crippen LogP contribution < -0.4 is 19.7 Å². The van der Waals surface area contributed by atoms with Gasteiger partial charge in [-0.05, 0) is 75.2 Å². The molecule has 0 radical (unpaired) electrons. The summed E-state index contributed by atoms with van der Waals surface area (Å²) in [5.41, 5.74) is 5.54. The highest BCUT2D eigenvalue weighted by atomic mass is 16.5. The van der Waals surface area contributed by atoms with Crippen LogP contribution in [0, 0.1) is 6.92 Å². The zero-order chi connectivity index (χ0) is 37.3. The maximum atomic E-state index is 14.2. The second-order valence-corrected chi connectivity index (χ2v) is 13.5. The average Bonchev–Trinajstić information content (AvgIpc) is 3.60. The molecule has 6 rings (SSSR count). The molecule has 2 aliphatic heterocycles. The Kier molecular flexibility index (Phi) is 12.4. The van der Waals surface area contributed by atoms with Gasteiger partial charge < -0.3 is 34.3 Å². The van der Waals surface area contributed by atoms with E-state index in [1.807, 2.05) is 43.3 Å². The summed E-state index contributed by atoms with van der Waals surface area (Å²) in [4.78, 5) is 55.5. The molecule has 280 valence electrons. The number of amides is 3. The highest BCUT2D eigenvalue weighted by molar-refractivity contribution is 6.21. The van der Waals surface area contributed by atoms with Crippen LogP contribution >= 0.6 is 0 Å². The third kappa shape index (κ3) is 8.89. The van der Waals surface area contributed by atoms with Crippen LogP contribution in [-0.4, -0.2) is 123 Å². The number of nitrogens with one attached hydrogen (secondary N) is 2. The van der Waals surface area contributed by atoms with Crippen molar-refractivity contribution in [3.05, 3.63) is 77.2 Å². The third-order valence-corrected chi connectivity index (χ3v) is 9.82. The number of nitrogens with zero attached hydrogens (tertiary/aromatic N) is 5. The standard InChI is InChI=1S/C40H49N7O6/c1-28-11-14-34(36(24-28)53-21-6-5-8-30(27-48)46-17-15-44(3)16-18-46)47(40(50)41-2)39(49)29-12-13-31(35(25-29)51-4)32-9-7-10-33-38(32)43-37(42-33)26-45-19-22-52-23-20-45/h7,9-14,24-25H,5-6,8,15-23,26H2,1-4H3,(H,41,50)(H,42,43). The van der Waals surface area contributed by atoms with Gasteiger partial charge in [-0.2, -0.15) is 0 Å². The quantitative estimate of drug-likeness (QED) is 0.145. The molecule has 0 unspecified atom stereocenters. The molecule has 0 saturated carbocycles. The van der Waals surface area contributed by atoms with Crippen molar-refractivity contribution >= 4 is 34.6 Å². The Morgan fingerprint density at radius 2 is 1.77 bits per heavy atom. The second kappa shape index (κ2) is 17.5. The number of piperazine rings is 1. The number of aromatic amines is 1. The van der Waals surface area contributed by atoms with Gasteiger partial charge in [-0.15, -0.1) is 0 Å². The molecule has 53 heavy (non-hydrogen) atoms. The van der Waals surface area contributed by atoms with E-state index in [0.717, 1.165) is 84.1 Å². The SMILES string of the molecule is CNC(=O)N(C(=O)c1ccc(-c2cccc3[nH]c(CN4CCOCC4)nc23)c(OC)c1)c1ccc(C)cc1OCCCCC(=C=O)N1CCN(C)CC1. The number of carbonyl (C=O) groups excluding carboxylic acids is 3. The van der Waals surface area contributed by atoms with Crippen molar-refractivity contribution in [2.75, 3.05) is 85.2 Å². The van der Waals surface area contributed by atoms with Gasteiger partial charge in [0, 0.05) is 63.0 Å². The highest BCUT2D eigenvalue weighted by Crippen LogP contribution is 2.37. The number of aryl methyl sites for hydroxylation is 1. The molecule has 0 spiro atoms. The molecule has 3 aromatic carbocycles. The summed E-state index contributed by atoms with van der Waals surface area (Å²) >= 11 is 0. The topological polar surface area (TPSA) is 133 Å². The Morgan fingerprint density at radius 1 is 0.981 bits per heavy atom. The van der Waals surface area contributed by atoms with Crippen molar-refractivity contribution in [2.45, 2.75) is 32.7 Å². The average molecular weight is 724 g/mol. The predicted molar refractivity (Wildman–Crippen MR) is 204 cm³/mol. The Hall–Kier alpha value is -5.20. The number of carbonyl (C=O) groups is 2. The molecular weight excluding hydrogens is 674 g/mol. The summed E-state index contributed by atoms with van der Waals surface area (Å²) in [6, 6.07) is 15.9. The van der Waals surface area contributed by atoms with E-state index in [4.69, 9.17) is 19.2 Å². The maximum Gasteiger partial charge on any atom is 0.328 e. The number of urea groups is 1. The highest BCUT2D eigenvalue weighted by Gasteiger charge is 2.28. The number of methoxy groups -OCH3 is 1. The fraction of sp³-hybridized carbons (Fsp3) is 0.425. The van der Waals surface area contributed by atoms with E-state index < -0.39 is 11.9 Å². The van der Waals surface area contributed by atoms with Crippen LogP contribution in [0.1, 0.15) is 41.0 Å². The number of morpholine rings is 1. The van der Waals surface area contributed by atoms with E-state index >= 15 is 0 Å². The number of anilines is 1. The number of aromatic nitrogens is 2. The minimum absolute atomic E-state index is 0.264. The Morgan fingerprint density at radius 3 is 2.51 bits per heavy atom. The largest absolute Gasteiger partial charge is 0.496 e. The van der Waals surface area contributed by atoms with Crippen LogP contribution in [0.25, 0.3) is 22.2 Å². The number of imide groups is 1. The fourth-order valence-electron chi connectivity index (χ4n) is 6.79. The summed E-state index contributed by atoms with van der Waals surface area (Å²) in [6.45, 7) is 9.57. The van der Waals surface area contributed by atoms with Gasteiger partial charge in [0.25, 0.3) is 5.91 Å². The zero-order valence-electron chi connectivity index (χ0n) is 31.1. The van der Waals surface area contributed by atoms with E-state index in [-0.39, 0.29) is 5.56 Å². The van der Waals surface area contributed by atoms with Crippen LogP contribution in [0.4, 0.5) is 10.5 Å². The molecule has 3 heterocycles. The normalized spacial score (nSPS) is 15.2. The molecule has 2 aliphatic rings. The number of H-pyrrole nitrogens is 1. The molecule has 13 heteroatoms. The van der Waals surface area contributed by atoms with Crippen molar-refractivity contribution < 1.29 is 28.6 Å². The van der Waals surface area contributed by atoms with Crippen molar-refractivity contribution in [2.24, 2.45) is 0 Å². The first-order chi connectivity index (χ1) is 25.8. The van der Waals surface area contributed by atoms with Crippen LogP contribution in [0.2, 0.25) is 0 Å². The van der Waals surface area contributed by atoms with E-state index in [0.29, 0.717) is 62.1 Å². The fourth-order valence-corrected chi connectivity index (χ4v) is 6.79. The monoisotopic (exact) mass is 723 g/mol. The number of hydrogen-bond donors (Lipinski definition) is 2. The number of imidazole rings is 1. The molecule has 3 amide bonds. The van der Waals surface area contributed by atoms with Crippen molar-refractivity contribution in [3.8, 4) is 22.6 Å². The summed E-state index contributed by atoms with van der Waals surface area (Å²) in [5, 5.41) is 2.61. The molecule has 0 bridgehead atoms. The first kappa shape index (κ1) is 37.6. The van der Waals surface area contributed by atoms with Crippen LogP contribution in [0.15, 0.2) is 60.3 Å². The molecule has 0 atom stereocenters. The van der Waals surface area contributed by atoms with Gasteiger partial charge in [0.2, 0.25) is 0 Å². The molecule has 0 aliphatic carbocycles. The molecule has 2 fully saturated rings. The van der Waals surface area contributed by atoms with Gasteiger partial charge in [-0.25, -0.2) is 19.5 Å². The summed E-state index contributed by atoms with van der Waals surface area (Å²) in [7, 11) is 5.12. The lowest BCUT2D eigenvalue weighted by atomic mass is 10.0. The number of rotatable bonds is 13. The lowest BCUT2D eigenvalue weighted by molar-refractivity contribution is 0.0332. The van der Waals surface area contributed by atoms with Crippen LogP contribution in [-0.2, 0) is 16.1 Å². The molecular formula is C40H49N7O6. The first-order valence-corrected chi connectivity index (χ1v) is 18.2. The number of hydrogen-bond acceptors (Lipinski definition) is 10. The number of unbranched alkanes of at least 4 members (excludes halogenated alkanes) is 1. The second-order valence-electron chi connectivity index (χ2n) is 13.5. The summed E-state index contributed by atoms with van der Waals surface area (Å²) in [6.07, 6.45) is 2.03. The van der Waals surface area contributed by atoms with E-state index in [2.05, 4.69) is 38.0 Å². The van der Waals surface area contributed by atoms with Gasteiger partial charge in [0.05, 0.1) is 55.9 Å². The lowest BCUT2D eigenvalue weighted by Crippen LogP contribution is -2.44. The number of allylic oxidation sites excluding steroid dienone is 1. The molecule has 2 N–H and O–H groups in total. The van der Waals surface area contributed by atoms with Gasteiger partial charge in [0.15, 0.2) is 0 Å². The van der Waals surface area contributed by atoms with Gasteiger partial charge in [-0.1, -0.05) is 18.2 Å². The number of ether oxygens (including phenoxy) is 3. The molecule has 1 aromatic heterocycles. The minimum atomic E-state index is -0.603. The van der Waals surface area contributed by atoms with Crippen LogP contribution in [0.3, 0.4) is 0 Å². The molecule has 13 nitrogen and oxygen atoms in total. The maximum absolute atomic E-state index is 14.2. The molecule has 2 saturated heterocycles. The summed E-state index contributed by atoms with van der Waals surface area (Å²) in [5.74, 6) is 3.35. The smallest absolute Gasteiger partial charge is 0.328 e. The van der Waals surface area contributed by atoms with Crippen LogP contribution in [0.5, 0.6) is 11.5 Å². The number of fused-ring (bicyclic) bond motifs is 1. The minimum Gasteiger partial charge on any atom is -0.496 e. The third-order valence-electron chi connectivity index (χ3n) is 9.82. The Balaban J connectivity index is 1.19. The number of para-hydroxylation sites is 1. The van der Waals surface area contributed by atoms with Crippen molar-refractivity contribution in [1.29, 1.82) is 0 Å². The van der Waals surface area contributed by atoms with E-state index in [1.165, 1.54) is 7.05 Å². The molecule has 4 aromatic rings. The van der Waals surface area contributed by atoms with E-state index in [1.54, 1.807) is 25.3 Å². The van der Waals surface area contributed by atoms with E-state index in [9.17, 15) is 14.4 Å². The first-order valence-electron chi connectivity index (χ1n) is 18.2. The van der Waals surface area contributed by atoms with Gasteiger partial charge >= 0.3 is 6.03 Å². The lowest BCUT2D eigenvalue weighted by Gasteiger charge is -2.34. The van der Waals surface area contributed by atoms with Crippen molar-refractivity contribution in [3.63, 3.8) is 0 Å². The predicted octanol–water partition coefficient (Wildman–Crippen LogP) is 4.88. The van der Waals surface area contributed by atoms with Gasteiger partial charge in [-0.3, -0.25) is 9.69 Å². The van der Waals surface area contributed by atoms with Crippen molar-refractivity contribution in [1.82, 2.24) is 30.0 Å². The summed E-state index contributed by atoms with van der Waals surface area (Å²) < 4.78 is 17.6. The van der Waals surface area contributed by atoms with Gasteiger partial charge in [0.1, 0.15) is 23.3 Å². The number of likely N-dealkylation sites (N-methyl/N-ethyl adjacent to an activating group) is 1. The zero-order valence-corrected chi connectivity index (χ0v) is 31.1. The Labute approximate surface area is 310 Å².